The molecule has 0 amide bonds. The summed E-state index contributed by atoms with van der Waals surface area (Å²) >= 11 is 0. The second kappa shape index (κ2) is 4.41. The van der Waals surface area contributed by atoms with Crippen LogP contribution in [0.1, 0.15) is 5.56 Å². The van der Waals surface area contributed by atoms with Gasteiger partial charge in [0.1, 0.15) is 17.2 Å². The zero-order chi connectivity index (χ0) is 11.4. The van der Waals surface area contributed by atoms with E-state index in [1.165, 1.54) is 0 Å². The first kappa shape index (κ1) is 10.1. The molecule has 2 heteroatoms. The van der Waals surface area contributed by atoms with Gasteiger partial charge in [-0.25, -0.2) is 0 Å². The van der Waals surface area contributed by atoms with Crippen LogP contribution in [0.15, 0.2) is 48.5 Å². The van der Waals surface area contributed by atoms with E-state index in [9.17, 15) is 0 Å². The normalized spacial score (nSPS) is 9.44. The summed E-state index contributed by atoms with van der Waals surface area (Å²) in [7, 11) is 0. The van der Waals surface area contributed by atoms with E-state index in [0.29, 0.717) is 11.5 Å². The molecule has 2 aromatic carbocycles. The molecule has 0 bridgehead atoms. The van der Waals surface area contributed by atoms with E-state index in [4.69, 9.17) is 16.3 Å². The highest BCUT2D eigenvalue weighted by Gasteiger charge is 1.97. The Morgan fingerprint density at radius 1 is 1.00 bits per heavy atom. The van der Waals surface area contributed by atoms with Gasteiger partial charge in [-0.3, -0.25) is 0 Å². The summed E-state index contributed by atoms with van der Waals surface area (Å²) in [4.78, 5) is 0. The third-order valence-electron chi connectivity index (χ3n) is 2.07. The summed E-state index contributed by atoms with van der Waals surface area (Å²) in [6, 6.07) is 13.8. The minimum Gasteiger partial charge on any atom is -0.508 e. The van der Waals surface area contributed by atoms with Crippen molar-refractivity contribution in [3.05, 3.63) is 54.1 Å². The summed E-state index contributed by atoms with van der Waals surface area (Å²) < 4.78 is 5.57. The molecular formula is C14H10O2. The van der Waals surface area contributed by atoms with Gasteiger partial charge in [-0.2, -0.15) is 0 Å². The Kier molecular flexibility index (Phi) is 2.79. The number of benzene rings is 2. The summed E-state index contributed by atoms with van der Waals surface area (Å²) in [5, 5.41) is 9.12. The summed E-state index contributed by atoms with van der Waals surface area (Å²) in [5.41, 5.74) is 0.774. The summed E-state index contributed by atoms with van der Waals surface area (Å²) in [5.74, 6) is 4.10. The van der Waals surface area contributed by atoms with E-state index in [2.05, 4.69) is 5.92 Å². The Morgan fingerprint density at radius 2 is 1.75 bits per heavy atom. The van der Waals surface area contributed by atoms with Gasteiger partial charge in [0.25, 0.3) is 0 Å². The number of phenols is 1. The molecule has 0 fully saturated rings. The van der Waals surface area contributed by atoms with Crippen LogP contribution in [0.25, 0.3) is 0 Å². The quantitative estimate of drug-likeness (QED) is 0.771. The fraction of sp³-hybridized carbons (Fsp3) is 0. The number of phenolic OH excluding ortho intramolecular Hbond substituents is 1. The van der Waals surface area contributed by atoms with Gasteiger partial charge in [-0.15, -0.1) is 6.42 Å². The first-order valence-corrected chi connectivity index (χ1v) is 4.81. The van der Waals surface area contributed by atoms with Crippen molar-refractivity contribution in [1.29, 1.82) is 0 Å². The Labute approximate surface area is 94.1 Å². The fourth-order valence-electron chi connectivity index (χ4n) is 1.30. The molecule has 2 nitrogen and oxygen atoms in total. The van der Waals surface area contributed by atoms with Gasteiger partial charge in [0.05, 0.1) is 0 Å². The fourth-order valence-corrected chi connectivity index (χ4v) is 1.30. The smallest absolute Gasteiger partial charge is 0.128 e. The molecule has 0 aliphatic carbocycles. The van der Waals surface area contributed by atoms with Crippen molar-refractivity contribution in [2.75, 3.05) is 0 Å². The predicted octanol–water partition coefficient (Wildman–Crippen LogP) is 3.17. The highest BCUT2D eigenvalue weighted by atomic mass is 16.5. The van der Waals surface area contributed by atoms with E-state index < -0.39 is 0 Å². The van der Waals surface area contributed by atoms with Crippen LogP contribution in [0.5, 0.6) is 17.2 Å². The minimum atomic E-state index is 0.213. The number of terminal acetylenes is 1. The van der Waals surface area contributed by atoms with Gasteiger partial charge in [-0.05, 0) is 42.5 Å². The lowest BCUT2D eigenvalue weighted by molar-refractivity contribution is 0.464. The maximum atomic E-state index is 9.12. The molecule has 0 atom stereocenters. The molecule has 0 aliphatic heterocycles. The van der Waals surface area contributed by atoms with Crippen LogP contribution < -0.4 is 4.74 Å². The molecule has 0 aromatic heterocycles. The molecule has 1 N–H and O–H groups in total. The van der Waals surface area contributed by atoms with Gasteiger partial charge in [0, 0.05) is 5.56 Å². The van der Waals surface area contributed by atoms with E-state index in [1.54, 1.807) is 30.3 Å². The number of ether oxygens (including phenoxy) is 1. The third-order valence-corrected chi connectivity index (χ3v) is 2.07. The van der Waals surface area contributed by atoms with Crippen molar-refractivity contribution in [1.82, 2.24) is 0 Å². The van der Waals surface area contributed by atoms with Crippen LogP contribution in [0.4, 0.5) is 0 Å². The lowest BCUT2D eigenvalue weighted by Crippen LogP contribution is -1.84. The largest absolute Gasteiger partial charge is 0.508 e. The third kappa shape index (κ3) is 2.34. The molecule has 0 radical (unpaired) electrons. The van der Waals surface area contributed by atoms with Crippen LogP contribution >= 0.6 is 0 Å². The zero-order valence-corrected chi connectivity index (χ0v) is 8.55. The number of rotatable bonds is 2. The standard InChI is InChI=1S/C14H10O2/c1-2-11-4-3-5-14(10-11)16-13-8-6-12(15)7-9-13/h1,3-10,15H. The number of hydrogen-bond acceptors (Lipinski definition) is 2. The average Bonchev–Trinajstić information content (AvgIpc) is 2.32. The van der Waals surface area contributed by atoms with Gasteiger partial charge in [-0.1, -0.05) is 12.0 Å². The lowest BCUT2D eigenvalue weighted by atomic mass is 10.2. The van der Waals surface area contributed by atoms with E-state index >= 15 is 0 Å². The highest BCUT2D eigenvalue weighted by molar-refractivity contribution is 5.41. The van der Waals surface area contributed by atoms with E-state index in [0.717, 1.165) is 5.56 Å². The van der Waals surface area contributed by atoms with Gasteiger partial charge in [0.2, 0.25) is 0 Å². The number of aromatic hydroxyl groups is 1. The summed E-state index contributed by atoms with van der Waals surface area (Å²) in [6.45, 7) is 0. The Morgan fingerprint density at radius 3 is 2.44 bits per heavy atom. The van der Waals surface area contributed by atoms with Gasteiger partial charge < -0.3 is 9.84 Å². The molecule has 16 heavy (non-hydrogen) atoms. The van der Waals surface area contributed by atoms with E-state index in [-0.39, 0.29) is 5.75 Å². The monoisotopic (exact) mass is 210 g/mol. The predicted molar refractivity (Wildman–Crippen MR) is 62.6 cm³/mol. The molecule has 78 valence electrons. The van der Waals surface area contributed by atoms with Crippen molar-refractivity contribution in [2.24, 2.45) is 0 Å². The van der Waals surface area contributed by atoms with E-state index in [1.807, 2.05) is 18.2 Å². The average molecular weight is 210 g/mol. The van der Waals surface area contributed by atoms with Crippen LogP contribution in [-0.4, -0.2) is 5.11 Å². The van der Waals surface area contributed by atoms with Crippen molar-refractivity contribution < 1.29 is 9.84 Å². The van der Waals surface area contributed by atoms with Crippen molar-refractivity contribution in [2.45, 2.75) is 0 Å². The Balaban J connectivity index is 2.21. The SMILES string of the molecule is C#Cc1cccc(Oc2ccc(O)cc2)c1. The molecule has 0 aliphatic rings. The molecule has 0 unspecified atom stereocenters. The van der Waals surface area contributed by atoms with Crippen molar-refractivity contribution >= 4 is 0 Å². The van der Waals surface area contributed by atoms with Crippen molar-refractivity contribution in [3.8, 4) is 29.6 Å². The zero-order valence-electron chi connectivity index (χ0n) is 8.55. The lowest BCUT2D eigenvalue weighted by Gasteiger charge is -2.05. The topological polar surface area (TPSA) is 29.5 Å². The molecule has 0 spiro atoms. The molecule has 2 aromatic rings. The van der Waals surface area contributed by atoms with Gasteiger partial charge >= 0.3 is 0 Å². The molecule has 0 heterocycles. The van der Waals surface area contributed by atoms with Crippen LogP contribution in [0.3, 0.4) is 0 Å². The Hall–Kier alpha value is -2.40. The maximum absolute atomic E-state index is 9.12. The summed E-state index contributed by atoms with van der Waals surface area (Å²) in [6.07, 6.45) is 5.29. The second-order valence-corrected chi connectivity index (χ2v) is 3.27. The molecular weight excluding hydrogens is 200 g/mol. The van der Waals surface area contributed by atoms with Crippen LogP contribution in [-0.2, 0) is 0 Å². The maximum Gasteiger partial charge on any atom is 0.128 e. The van der Waals surface area contributed by atoms with Gasteiger partial charge in [0.15, 0.2) is 0 Å². The second-order valence-electron chi connectivity index (χ2n) is 3.27. The van der Waals surface area contributed by atoms with Crippen LogP contribution in [0, 0.1) is 12.3 Å². The first-order chi connectivity index (χ1) is 7.78. The van der Waals surface area contributed by atoms with Crippen LogP contribution in [0.2, 0.25) is 0 Å². The highest BCUT2D eigenvalue weighted by Crippen LogP contribution is 2.23. The Bertz CT molecular complexity index is 521. The number of hydrogen-bond donors (Lipinski definition) is 1. The molecule has 2 rings (SSSR count). The van der Waals surface area contributed by atoms with Crippen molar-refractivity contribution in [3.63, 3.8) is 0 Å². The minimum absolute atomic E-state index is 0.213. The molecule has 0 saturated carbocycles. The first-order valence-electron chi connectivity index (χ1n) is 4.81. The molecule has 0 saturated heterocycles.